The molecule has 0 aliphatic carbocycles. The number of aromatic nitrogens is 1. The number of carbonyl (C=O) groups is 1. The number of aryl methyl sites for hydroxylation is 1. The molecule has 0 saturated carbocycles. The van der Waals surface area contributed by atoms with E-state index >= 15 is 0 Å². The Bertz CT molecular complexity index is 754. The molecule has 23 heavy (non-hydrogen) atoms. The summed E-state index contributed by atoms with van der Waals surface area (Å²) in [6, 6.07) is 11.3. The first kappa shape index (κ1) is 15.5. The van der Waals surface area contributed by atoms with Gasteiger partial charge in [0.05, 0.1) is 12.6 Å². The second-order valence-corrected chi connectivity index (χ2v) is 5.95. The fourth-order valence-corrected chi connectivity index (χ4v) is 2.88. The Kier molecular flexibility index (Phi) is 4.30. The highest BCUT2D eigenvalue weighted by atomic mass is 16.5. The Morgan fingerprint density at radius 2 is 2.00 bits per heavy atom. The number of carbonyl (C=O) groups excluding carboxylic acids is 1. The zero-order valence-electron chi connectivity index (χ0n) is 13.3. The van der Waals surface area contributed by atoms with Crippen molar-refractivity contribution in [1.82, 2.24) is 9.88 Å². The Balaban J connectivity index is 1.84. The summed E-state index contributed by atoms with van der Waals surface area (Å²) in [5, 5.41) is 0. The van der Waals surface area contributed by atoms with Crippen LogP contribution < -0.4 is 5.43 Å². The summed E-state index contributed by atoms with van der Waals surface area (Å²) in [4.78, 5) is 29.4. The van der Waals surface area contributed by atoms with Gasteiger partial charge < -0.3 is 14.6 Å². The lowest BCUT2D eigenvalue weighted by molar-refractivity contribution is -0.0692. The fourth-order valence-electron chi connectivity index (χ4n) is 2.88. The van der Waals surface area contributed by atoms with Crippen LogP contribution in [-0.2, 0) is 4.74 Å². The lowest BCUT2D eigenvalue weighted by Gasteiger charge is -2.37. The van der Waals surface area contributed by atoms with Crippen LogP contribution in [0.3, 0.4) is 0 Å². The van der Waals surface area contributed by atoms with Gasteiger partial charge in [0.15, 0.2) is 5.43 Å². The molecule has 2 atom stereocenters. The number of H-pyrrole nitrogens is 1. The molecule has 2 aromatic rings. The van der Waals surface area contributed by atoms with E-state index in [1.165, 1.54) is 12.3 Å². The first-order valence-electron chi connectivity index (χ1n) is 7.73. The summed E-state index contributed by atoms with van der Waals surface area (Å²) >= 11 is 0. The average molecular weight is 312 g/mol. The molecule has 0 spiro atoms. The minimum absolute atomic E-state index is 0.0811. The molecule has 1 aromatic heterocycles. The minimum atomic E-state index is -0.248. The van der Waals surface area contributed by atoms with Gasteiger partial charge in [-0.2, -0.15) is 0 Å². The fraction of sp³-hybridized carbons (Fsp3) is 0.333. The predicted molar refractivity (Wildman–Crippen MR) is 87.4 cm³/mol. The molecule has 1 saturated heterocycles. The SMILES string of the molecule is Cc1cc(=O)c(C(=O)N2C[C@H](C)O[C@@H](c3ccccc3)C2)c[nH]1. The monoisotopic (exact) mass is 312 g/mol. The Morgan fingerprint density at radius 1 is 1.26 bits per heavy atom. The van der Waals surface area contributed by atoms with Crippen LogP contribution in [0.15, 0.2) is 47.4 Å². The molecule has 5 heteroatoms. The number of nitrogens with zero attached hydrogens (tertiary/aromatic N) is 1. The van der Waals surface area contributed by atoms with E-state index in [4.69, 9.17) is 4.74 Å². The van der Waals surface area contributed by atoms with Crippen LogP contribution in [0.1, 0.15) is 34.6 Å². The van der Waals surface area contributed by atoms with Crippen LogP contribution in [0.4, 0.5) is 0 Å². The van der Waals surface area contributed by atoms with E-state index in [-0.39, 0.29) is 29.1 Å². The smallest absolute Gasteiger partial charge is 0.259 e. The summed E-state index contributed by atoms with van der Waals surface area (Å²) in [7, 11) is 0. The Hall–Kier alpha value is -2.40. The molecule has 1 amide bonds. The highest BCUT2D eigenvalue weighted by Crippen LogP contribution is 2.25. The third-order valence-electron chi connectivity index (χ3n) is 4.01. The van der Waals surface area contributed by atoms with E-state index < -0.39 is 0 Å². The molecule has 120 valence electrons. The minimum Gasteiger partial charge on any atom is -0.367 e. The molecule has 1 aliphatic heterocycles. The number of hydrogen-bond donors (Lipinski definition) is 1. The second kappa shape index (κ2) is 6.38. The maximum Gasteiger partial charge on any atom is 0.259 e. The van der Waals surface area contributed by atoms with Crippen molar-refractivity contribution in [2.75, 3.05) is 13.1 Å². The van der Waals surface area contributed by atoms with E-state index in [9.17, 15) is 9.59 Å². The van der Waals surface area contributed by atoms with Crippen molar-refractivity contribution in [1.29, 1.82) is 0 Å². The highest BCUT2D eigenvalue weighted by molar-refractivity contribution is 5.94. The lowest BCUT2D eigenvalue weighted by atomic mass is 10.1. The molecule has 1 aliphatic rings. The normalized spacial score (nSPS) is 21.2. The van der Waals surface area contributed by atoms with Crippen molar-refractivity contribution >= 4 is 5.91 Å². The molecular weight excluding hydrogens is 292 g/mol. The number of benzene rings is 1. The number of ether oxygens (including phenoxy) is 1. The van der Waals surface area contributed by atoms with Gasteiger partial charge in [-0.05, 0) is 19.4 Å². The van der Waals surface area contributed by atoms with Crippen LogP contribution in [0.25, 0.3) is 0 Å². The first-order valence-corrected chi connectivity index (χ1v) is 7.73. The summed E-state index contributed by atoms with van der Waals surface area (Å²) in [6.45, 7) is 4.66. The first-order chi connectivity index (χ1) is 11.0. The topological polar surface area (TPSA) is 62.4 Å². The van der Waals surface area contributed by atoms with E-state index in [0.29, 0.717) is 13.1 Å². The summed E-state index contributed by atoms with van der Waals surface area (Å²) in [5.74, 6) is -0.248. The number of aromatic amines is 1. The van der Waals surface area contributed by atoms with Crippen LogP contribution in [0, 0.1) is 6.92 Å². The zero-order valence-corrected chi connectivity index (χ0v) is 13.3. The Labute approximate surface area is 134 Å². The van der Waals surface area contributed by atoms with E-state index in [1.807, 2.05) is 37.3 Å². The quantitative estimate of drug-likeness (QED) is 0.925. The summed E-state index contributed by atoms with van der Waals surface area (Å²) in [5.41, 5.74) is 1.71. The van der Waals surface area contributed by atoms with Gasteiger partial charge >= 0.3 is 0 Å². The van der Waals surface area contributed by atoms with Crippen molar-refractivity contribution in [3.8, 4) is 0 Å². The number of nitrogens with one attached hydrogen (secondary N) is 1. The largest absolute Gasteiger partial charge is 0.367 e. The lowest BCUT2D eigenvalue weighted by Crippen LogP contribution is -2.47. The average Bonchev–Trinajstić information content (AvgIpc) is 2.54. The molecule has 1 N–H and O–H groups in total. The van der Waals surface area contributed by atoms with Gasteiger partial charge in [0.25, 0.3) is 5.91 Å². The molecule has 1 fully saturated rings. The van der Waals surface area contributed by atoms with Gasteiger partial charge in [-0.1, -0.05) is 30.3 Å². The third kappa shape index (κ3) is 3.35. The summed E-state index contributed by atoms with van der Waals surface area (Å²) in [6.07, 6.45) is 1.24. The number of hydrogen-bond acceptors (Lipinski definition) is 3. The van der Waals surface area contributed by atoms with Crippen molar-refractivity contribution in [3.05, 3.63) is 69.6 Å². The van der Waals surface area contributed by atoms with Crippen LogP contribution in [-0.4, -0.2) is 35.0 Å². The van der Waals surface area contributed by atoms with Crippen LogP contribution in [0.5, 0.6) is 0 Å². The molecule has 3 rings (SSSR count). The van der Waals surface area contributed by atoms with Crippen LogP contribution >= 0.6 is 0 Å². The number of rotatable bonds is 2. The van der Waals surface area contributed by atoms with Gasteiger partial charge in [0.2, 0.25) is 0 Å². The van der Waals surface area contributed by atoms with Crippen molar-refractivity contribution < 1.29 is 9.53 Å². The van der Waals surface area contributed by atoms with Crippen LogP contribution in [0.2, 0.25) is 0 Å². The maximum atomic E-state index is 12.7. The molecule has 0 radical (unpaired) electrons. The third-order valence-corrected chi connectivity index (χ3v) is 4.01. The molecular formula is C18H20N2O3. The molecule has 2 heterocycles. The van der Waals surface area contributed by atoms with Gasteiger partial charge in [-0.25, -0.2) is 0 Å². The Morgan fingerprint density at radius 3 is 2.70 bits per heavy atom. The van der Waals surface area contributed by atoms with E-state index in [2.05, 4.69) is 4.98 Å². The van der Waals surface area contributed by atoms with Gasteiger partial charge in [-0.15, -0.1) is 0 Å². The zero-order chi connectivity index (χ0) is 16.4. The maximum absolute atomic E-state index is 12.7. The van der Waals surface area contributed by atoms with Gasteiger partial charge in [-0.3, -0.25) is 9.59 Å². The number of pyridine rings is 1. The molecule has 1 aromatic carbocycles. The van der Waals surface area contributed by atoms with Gasteiger partial charge in [0.1, 0.15) is 11.7 Å². The molecule has 5 nitrogen and oxygen atoms in total. The second-order valence-electron chi connectivity index (χ2n) is 5.95. The number of amides is 1. The highest BCUT2D eigenvalue weighted by Gasteiger charge is 2.30. The molecule has 0 unspecified atom stereocenters. The van der Waals surface area contributed by atoms with Crippen molar-refractivity contribution in [2.24, 2.45) is 0 Å². The summed E-state index contributed by atoms with van der Waals surface area (Å²) < 4.78 is 5.96. The van der Waals surface area contributed by atoms with Crippen molar-refractivity contribution in [3.63, 3.8) is 0 Å². The number of morpholine rings is 1. The van der Waals surface area contributed by atoms with Crippen molar-refractivity contribution in [2.45, 2.75) is 26.1 Å². The predicted octanol–water partition coefficient (Wildman–Crippen LogP) is 2.29. The standard InChI is InChI=1S/C18H20N2O3/c1-12-8-16(21)15(9-19-12)18(22)20-10-13(2)23-17(11-20)14-6-4-3-5-7-14/h3-9,13,17H,10-11H2,1-2H3,(H,19,21)/t13-,17+/m0/s1. The molecule has 0 bridgehead atoms. The van der Waals surface area contributed by atoms with E-state index in [1.54, 1.807) is 11.8 Å². The van der Waals surface area contributed by atoms with Gasteiger partial charge in [0, 0.05) is 24.5 Å². The van der Waals surface area contributed by atoms with E-state index in [0.717, 1.165) is 11.3 Å².